The lowest BCUT2D eigenvalue weighted by molar-refractivity contribution is -0.142. The van der Waals surface area contributed by atoms with Crippen molar-refractivity contribution in [3.05, 3.63) is 36.0 Å². The summed E-state index contributed by atoms with van der Waals surface area (Å²) in [6, 6.07) is 5.72. The molecule has 0 saturated carbocycles. The number of aromatic nitrogens is 1. The van der Waals surface area contributed by atoms with E-state index in [-0.39, 0.29) is 6.42 Å². The highest BCUT2D eigenvalue weighted by atomic mass is 16.4. The van der Waals surface area contributed by atoms with Gasteiger partial charge in [0.25, 0.3) is 0 Å². The van der Waals surface area contributed by atoms with Gasteiger partial charge in [0.05, 0.1) is 0 Å². The molecule has 4 N–H and O–H groups in total. The molecule has 2 atom stereocenters. The second-order valence-corrected chi connectivity index (χ2v) is 4.68. The Morgan fingerprint density at radius 1 is 1.25 bits per heavy atom. The Kier molecular flexibility index (Phi) is 4.05. The van der Waals surface area contributed by atoms with Crippen LogP contribution >= 0.6 is 0 Å². The van der Waals surface area contributed by atoms with Crippen LogP contribution in [0.25, 0.3) is 10.9 Å². The fraction of sp³-hybridized carbons (Fsp3) is 0.286. The maximum atomic E-state index is 11.3. The van der Waals surface area contributed by atoms with Crippen LogP contribution in [0.5, 0.6) is 0 Å². The molecule has 1 heterocycles. The average molecular weight is 276 g/mol. The molecule has 0 amide bonds. The number of aliphatic carboxylic acids is 2. The van der Waals surface area contributed by atoms with Crippen LogP contribution in [0.1, 0.15) is 12.5 Å². The molecule has 1 aromatic carbocycles. The summed E-state index contributed by atoms with van der Waals surface area (Å²) in [7, 11) is 0. The van der Waals surface area contributed by atoms with E-state index in [1.807, 2.05) is 24.3 Å². The van der Waals surface area contributed by atoms with E-state index in [2.05, 4.69) is 10.3 Å². The van der Waals surface area contributed by atoms with Crippen LogP contribution in [0.2, 0.25) is 0 Å². The molecule has 0 saturated heterocycles. The van der Waals surface area contributed by atoms with E-state index in [1.165, 1.54) is 6.92 Å². The van der Waals surface area contributed by atoms with Gasteiger partial charge in [-0.1, -0.05) is 18.2 Å². The number of fused-ring (bicyclic) bond motifs is 1. The molecule has 20 heavy (non-hydrogen) atoms. The van der Waals surface area contributed by atoms with Crippen LogP contribution in [-0.2, 0) is 16.0 Å². The molecule has 0 radical (unpaired) electrons. The standard InChI is InChI=1S/C14H16N2O4/c1-8(13(17)18)16-12(14(19)20)6-9-7-15-11-5-3-2-4-10(9)11/h2-5,7-8,12,15-16H,6H2,1H3,(H,17,18)(H,19,20)/t8?,12-/m0/s1. The Balaban J connectivity index is 2.20. The van der Waals surface area contributed by atoms with Crippen LogP contribution in [0.15, 0.2) is 30.5 Å². The molecule has 0 spiro atoms. The van der Waals surface area contributed by atoms with Gasteiger partial charge in [0.1, 0.15) is 12.1 Å². The van der Waals surface area contributed by atoms with Crippen molar-refractivity contribution in [3.63, 3.8) is 0 Å². The van der Waals surface area contributed by atoms with Crippen molar-refractivity contribution in [1.29, 1.82) is 0 Å². The maximum Gasteiger partial charge on any atom is 0.321 e. The summed E-state index contributed by atoms with van der Waals surface area (Å²) in [5, 5.41) is 21.6. The van der Waals surface area contributed by atoms with E-state index >= 15 is 0 Å². The van der Waals surface area contributed by atoms with E-state index < -0.39 is 24.0 Å². The van der Waals surface area contributed by atoms with Crippen molar-refractivity contribution in [1.82, 2.24) is 10.3 Å². The maximum absolute atomic E-state index is 11.3. The summed E-state index contributed by atoms with van der Waals surface area (Å²) < 4.78 is 0. The number of carboxylic acids is 2. The number of H-pyrrole nitrogens is 1. The monoisotopic (exact) mass is 276 g/mol. The lowest BCUT2D eigenvalue weighted by Crippen LogP contribution is -2.46. The molecule has 0 aliphatic rings. The van der Waals surface area contributed by atoms with E-state index in [9.17, 15) is 14.7 Å². The van der Waals surface area contributed by atoms with Gasteiger partial charge in [-0.25, -0.2) is 0 Å². The number of benzene rings is 1. The van der Waals surface area contributed by atoms with Gasteiger partial charge in [-0.2, -0.15) is 0 Å². The molecule has 6 nitrogen and oxygen atoms in total. The Labute approximate surface area is 115 Å². The zero-order valence-electron chi connectivity index (χ0n) is 11.0. The minimum Gasteiger partial charge on any atom is -0.480 e. The Morgan fingerprint density at radius 3 is 2.60 bits per heavy atom. The van der Waals surface area contributed by atoms with Crippen LogP contribution < -0.4 is 5.32 Å². The molecule has 6 heteroatoms. The summed E-state index contributed by atoms with van der Waals surface area (Å²) in [5.74, 6) is -2.14. The van der Waals surface area contributed by atoms with Crippen molar-refractivity contribution < 1.29 is 19.8 Å². The Morgan fingerprint density at radius 2 is 1.95 bits per heavy atom. The quantitative estimate of drug-likeness (QED) is 0.635. The SMILES string of the molecule is CC(N[C@@H](Cc1c[nH]c2ccccc12)C(=O)O)C(=O)O. The number of aromatic amines is 1. The summed E-state index contributed by atoms with van der Waals surface area (Å²) >= 11 is 0. The first-order chi connectivity index (χ1) is 9.49. The normalized spacial score (nSPS) is 14.1. The van der Waals surface area contributed by atoms with Gasteiger partial charge < -0.3 is 15.2 Å². The highest BCUT2D eigenvalue weighted by Crippen LogP contribution is 2.19. The molecule has 0 aliphatic heterocycles. The second kappa shape index (κ2) is 5.75. The number of carbonyl (C=O) groups is 2. The first-order valence-corrected chi connectivity index (χ1v) is 6.25. The first kappa shape index (κ1) is 14.1. The lowest BCUT2D eigenvalue weighted by Gasteiger charge is -2.17. The van der Waals surface area contributed by atoms with Gasteiger partial charge in [-0.3, -0.25) is 14.9 Å². The van der Waals surface area contributed by atoms with E-state index in [1.54, 1.807) is 6.20 Å². The summed E-state index contributed by atoms with van der Waals surface area (Å²) in [6.45, 7) is 1.42. The van der Waals surface area contributed by atoms with Crippen molar-refractivity contribution >= 4 is 22.8 Å². The topological polar surface area (TPSA) is 102 Å². The van der Waals surface area contributed by atoms with Gasteiger partial charge in [-0.05, 0) is 18.6 Å². The molecule has 2 aromatic rings. The van der Waals surface area contributed by atoms with Crippen LogP contribution in [0.3, 0.4) is 0 Å². The largest absolute Gasteiger partial charge is 0.480 e. The molecular weight excluding hydrogens is 260 g/mol. The van der Waals surface area contributed by atoms with Gasteiger partial charge in [0, 0.05) is 23.5 Å². The number of hydrogen-bond donors (Lipinski definition) is 4. The lowest BCUT2D eigenvalue weighted by atomic mass is 10.0. The van der Waals surface area contributed by atoms with Crippen molar-refractivity contribution in [2.45, 2.75) is 25.4 Å². The summed E-state index contributed by atoms with van der Waals surface area (Å²) in [6.07, 6.45) is 1.98. The third kappa shape index (κ3) is 2.97. The highest BCUT2D eigenvalue weighted by molar-refractivity contribution is 5.84. The molecule has 0 bridgehead atoms. The average Bonchev–Trinajstić information content (AvgIpc) is 2.81. The zero-order chi connectivity index (χ0) is 14.7. The fourth-order valence-corrected chi connectivity index (χ4v) is 2.11. The van der Waals surface area contributed by atoms with Gasteiger partial charge in [0.2, 0.25) is 0 Å². The number of nitrogens with one attached hydrogen (secondary N) is 2. The Bertz CT molecular complexity index is 635. The fourth-order valence-electron chi connectivity index (χ4n) is 2.11. The van der Waals surface area contributed by atoms with Crippen LogP contribution in [0.4, 0.5) is 0 Å². The molecule has 0 fully saturated rings. The van der Waals surface area contributed by atoms with E-state index in [4.69, 9.17) is 5.11 Å². The summed E-state index contributed by atoms with van der Waals surface area (Å²) in [5.41, 5.74) is 1.77. The third-order valence-corrected chi connectivity index (χ3v) is 3.22. The van der Waals surface area contributed by atoms with Gasteiger partial charge >= 0.3 is 11.9 Å². The number of carboxylic acid groups (broad SMARTS) is 2. The number of rotatable bonds is 6. The first-order valence-electron chi connectivity index (χ1n) is 6.25. The highest BCUT2D eigenvalue weighted by Gasteiger charge is 2.24. The Hall–Kier alpha value is -2.34. The van der Waals surface area contributed by atoms with Crippen molar-refractivity contribution in [2.24, 2.45) is 0 Å². The minimum absolute atomic E-state index is 0.219. The molecule has 2 rings (SSSR count). The van der Waals surface area contributed by atoms with Gasteiger partial charge in [0.15, 0.2) is 0 Å². The zero-order valence-corrected chi connectivity index (χ0v) is 11.0. The molecular formula is C14H16N2O4. The predicted molar refractivity (Wildman–Crippen MR) is 73.7 cm³/mol. The molecule has 1 unspecified atom stereocenters. The van der Waals surface area contributed by atoms with Crippen molar-refractivity contribution in [3.8, 4) is 0 Å². The van der Waals surface area contributed by atoms with E-state index in [0.717, 1.165) is 16.5 Å². The van der Waals surface area contributed by atoms with Crippen LogP contribution in [-0.4, -0.2) is 39.2 Å². The third-order valence-electron chi connectivity index (χ3n) is 3.22. The van der Waals surface area contributed by atoms with E-state index in [0.29, 0.717) is 0 Å². The summed E-state index contributed by atoms with van der Waals surface area (Å²) in [4.78, 5) is 25.1. The van der Waals surface area contributed by atoms with Crippen molar-refractivity contribution in [2.75, 3.05) is 0 Å². The number of para-hydroxylation sites is 1. The minimum atomic E-state index is -1.07. The van der Waals surface area contributed by atoms with Gasteiger partial charge in [-0.15, -0.1) is 0 Å². The predicted octanol–water partition coefficient (Wildman–Crippen LogP) is 1.23. The van der Waals surface area contributed by atoms with Crippen LogP contribution in [0, 0.1) is 0 Å². The second-order valence-electron chi connectivity index (χ2n) is 4.68. The molecule has 106 valence electrons. The molecule has 1 aromatic heterocycles. The number of hydrogen-bond acceptors (Lipinski definition) is 3. The molecule has 0 aliphatic carbocycles. The smallest absolute Gasteiger partial charge is 0.321 e.